The Morgan fingerprint density at radius 2 is 1.50 bits per heavy atom. The van der Waals surface area contributed by atoms with Gasteiger partial charge in [-0.25, -0.2) is 13.4 Å². The zero-order chi connectivity index (χ0) is 22.6. The summed E-state index contributed by atoms with van der Waals surface area (Å²) >= 11 is 0. The van der Waals surface area contributed by atoms with Gasteiger partial charge in [-0.3, -0.25) is 4.79 Å². The van der Waals surface area contributed by atoms with E-state index in [0.29, 0.717) is 23.3 Å². The summed E-state index contributed by atoms with van der Waals surface area (Å²) in [6.07, 6.45) is 9.35. The summed E-state index contributed by atoms with van der Waals surface area (Å²) in [6, 6.07) is 17.6. The van der Waals surface area contributed by atoms with E-state index in [2.05, 4.69) is 11.9 Å². The quantitative estimate of drug-likeness (QED) is 0.326. The molecule has 0 spiro atoms. The molecule has 6 heteroatoms. The standard InChI is InChI=1S/C26H26N2O3S/c1-2-3-4-20-5-11-23(12-6-20)32(30,31)24-13-7-21(8-14-24)9-15-25(29)22-10-16-26-27-17-18-28(26)19-22/h5-8,10-14,16-19H,2-4,9,15H2,1H3. The number of aryl methyl sites for hydroxylation is 2. The highest BCUT2D eigenvalue weighted by Gasteiger charge is 2.17. The van der Waals surface area contributed by atoms with Crippen LogP contribution < -0.4 is 0 Å². The number of fused-ring (bicyclic) bond motifs is 1. The average Bonchev–Trinajstić information content (AvgIpc) is 3.30. The van der Waals surface area contributed by atoms with Crippen molar-refractivity contribution in [2.45, 2.75) is 48.8 Å². The fourth-order valence-electron chi connectivity index (χ4n) is 3.67. The van der Waals surface area contributed by atoms with E-state index in [1.165, 1.54) is 0 Å². The molecule has 0 aliphatic carbocycles. The molecule has 0 saturated heterocycles. The predicted octanol–water partition coefficient (Wildman–Crippen LogP) is 5.33. The first-order chi connectivity index (χ1) is 15.5. The Kier molecular flexibility index (Phi) is 6.51. The van der Waals surface area contributed by atoms with E-state index in [1.807, 2.05) is 28.8 Å². The van der Waals surface area contributed by atoms with Crippen molar-refractivity contribution in [2.24, 2.45) is 0 Å². The molecule has 2 aromatic heterocycles. The van der Waals surface area contributed by atoms with Gasteiger partial charge in [-0.05, 0) is 66.8 Å². The van der Waals surface area contributed by atoms with Crippen LogP contribution in [0.3, 0.4) is 0 Å². The van der Waals surface area contributed by atoms with Crippen LogP contribution in [0.1, 0.15) is 47.7 Å². The molecule has 32 heavy (non-hydrogen) atoms. The van der Waals surface area contributed by atoms with Crippen LogP contribution in [-0.4, -0.2) is 23.6 Å². The summed E-state index contributed by atoms with van der Waals surface area (Å²) in [6.45, 7) is 2.14. The molecule has 0 amide bonds. The van der Waals surface area contributed by atoms with E-state index in [9.17, 15) is 13.2 Å². The van der Waals surface area contributed by atoms with Crippen LogP contribution in [-0.2, 0) is 22.7 Å². The van der Waals surface area contributed by atoms with Crippen LogP contribution in [0.25, 0.3) is 5.65 Å². The lowest BCUT2D eigenvalue weighted by molar-refractivity contribution is 0.0982. The van der Waals surface area contributed by atoms with Crippen LogP contribution in [0.5, 0.6) is 0 Å². The van der Waals surface area contributed by atoms with Gasteiger partial charge in [-0.15, -0.1) is 0 Å². The number of carbonyl (C=O) groups excluding carboxylic acids is 1. The zero-order valence-electron chi connectivity index (χ0n) is 18.1. The van der Waals surface area contributed by atoms with E-state index >= 15 is 0 Å². The lowest BCUT2D eigenvalue weighted by atomic mass is 10.0. The Morgan fingerprint density at radius 3 is 2.12 bits per heavy atom. The molecule has 0 atom stereocenters. The number of hydrogen-bond acceptors (Lipinski definition) is 4. The molecular weight excluding hydrogens is 420 g/mol. The number of benzene rings is 2. The normalized spacial score (nSPS) is 11.7. The number of nitrogens with zero attached hydrogens (tertiary/aromatic N) is 2. The van der Waals surface area contributed by atoms with Crippen LogP contribution >= 0.6 is 0 Å². The number of ketones is 1. The highest BCUT2D eigenvalue weighted by atomic mass is 32.2. The number of hydrogen-bond donors (Lipinski definition) is 0. The van der Waals surface area contributed by atoms with E-state index in [4.69, 9.17) is 0 Å². The number of unbranched alkanes of at least 4 members (excludes halogenated alkanes) is 1. The Balaban J connectivity index is 1.41. The summed E-state index contributed by atoms with van der Waals surface area (Å²) in [5.74, 6) is 0.0421. The van der Waals surface area contributed by atoms with Crippen molar-refractivity contribution in [1.82, 2.24) is 9.38 Å². The van der Waals surface area contributed by atoms with E-state index in [0.717, 1.165) is 36.0 Å². The van der Waals surface area contributed by atoms with Gasteiger partial charge in [0, 0.05) is 30.6 Å². The summed E-state index contributed by atoms with van der Waals surface area (Å²) in [4.78, 5) is 17.3. The van der Waals surface area contributed by atoms with Gasteiger partial charge >= 0.3 is 0 Å². The maximum absolute atomic E-state index is 12.9. The molecule has 5 nitrogen and oxygen atoms in total. The number of aromatic nitrogens is 2. The highest BCUT2D eigenvalue weighted by molar-refractivity contribution is 7.91. The summed E-state index contributed by atoms with van der Waals surface area (Å²) in [5, 5.41) is 0. The second-order valence-electron chi connectivity index (χ2n) is 7.93. The van der Waals surface area contributed by atoms with Gasteiger partial charge in [0.1, 0.15) is 5.65 Å². The number of Topliss-reactive ketones (excluding diaryl/α,β-unsaturated/α-hetero) is 1. The lowest BCUT2D eigenvalue weighted by Gasteiger charge is -2.08. The van der Waals surface area contributed by atoms with Gasteiger partial charge in [-0.1, -0.05) is 37.6 Å². The van der Waals surface area contributed by atoms with Gasteiger partial charge < -0.3 is 4.40 Å². The number of rotatable bonds is 9. The topological polar surface area (TPSA) is 68.5 Å². The zero-order valence-corrected chi connectivity index (χ0v) is 18.9. The maximum Gasteiger partial charge on any atom is 0.206 e. The van der Waals surface area contributed by atoms with Crippen LogP contribution in [0.2, 0.25) is 0 Å². The number of pyridine rings is 1. The predicted molar refractivity (Wildman–Crippen MR) is 125 cm³/mol. The minimum Gasteiger partial charge on any atom is -0.306 e. The van der Waals surface area contributed by atoms with E-state index < -0.39 is 9.84 Å². The molecule has 4 rings (SSSR count). The molecule has 0 N–H and O–H groups in total. The second kappa shape index (κ2) is 9.49. The van der Waals surface area contributed by atoms with Crippen LogP contribution in [0.15, 0.2) is 89.0 Å². The summed E-state index contributed by atoms with van der Waals surface area (Å²) < 4.78 is 27.7. The Morgan fingerprint density at radius 1 is 0.875 bits per heavy atom. The summed E-state index contributed by atoms with van der Waals surface area (Å²) in [7, 11) is -3.56. The largest absolute Gasteiger partial charge is 0.306 e. The van der Waals surface area contributed by atoms with Crippen LogP contribution in [0, 0.1) is 0 Å². The molecular formula is C26H26N2O3S. The van der Waals surface area contributed by atoms with Gasteiger partial charge in [0.25, 0.3) is 0 Å². The molecule has 4 aromatic rings. The third-order valence-corrected chi connectivity index (χ3v) is 7.42. The molecule has 0 radical (unpaired) electrons. The van der Waals surface area contributed by atoms with Crippen molar-refractivity contribution in [3.05, 3.63) is 95.9 Å². The van der Waals surface area contributed by atoms with E-state index in [1.54, 1.807) is 54.9 Å². The molecule has 2 aromatic carbocycles. The first kappa shape index (κ1) is 22.0. The first-order valence-electron chi connectivity index (χ1n) is 10.9. The molecule has 0 saturated carbocycles. The Bertz CT molecular complexity index is 1320. The van der Waals surface area contributed by atoms with Crippen LogP contribution in [0.4, 0.5) is 0 Å². The van der Waals surface area contributed by atoms with Crippen molar-refractivity contribution in [1.29, 1.82) is 0 Å². The summed E-state index contributed by atoms with van der Waals surface area (Å²) in [5.41, 5.74) is 3.51. The molecule has 0 aliphatic heterocycles. The monoisotopic (exact) mass is 446 g/mol. The van der Waals surface area contributed by atoms with Crippen molar-refractivity contribution in [2.75, 3.05) is 0 Å². The van der Waals surface area contributed by atoms with Crippen molar-refractivity contribution < 1.29 is 13.2 Å². The molecule has 2 heterocycles. The highest BCUT2D eigenvalue weighted by Crippen LogP contribution is 2.22. The number of imidazole rings is 1. The van der Waals surface area contributed by atoms with Gasteiger partial charge in [0.2, 0.25) is 9.84 Å². The van der Waals surface area contributed by atoms with E-state index in [-0.39, 0.29) is 10.7 Å². The van der Waals surface area contributed by atoms with Gasteiger partial charge in [0.05, 0.1) is 9.79 Å². The smallest absolute Gasteiger partial charge is 0.206 e. The Hall–Kier alpha value is -3.25. The molecule has 164 valence electrons. The van der Waals surface area contributed by atoms with Gasteiger partial charge in [-0.2, -0.15) is 0 Å². The molecule has 0 unspecified atom stereocenters. The SMILES string of the molecule is CCCCc1ccc(S(=O)(=O)c2ccc(CCC(=O)c3ccc4nccn4c3)cc2)cc1. The van der Waals surface area contributed by atoms with Gasteiger partial charge in [0.15, 0.2) is 5.78 Å². The number of sulfone groups is 1. The maximum atomic E-state index is 12.9. The fraction of sp³-hybridized carbons (Fsp3) is 0.231. The molecule has 0 bridgehead atoms. The minimum atomic E-state index is -3.56. The van der Waals surface area contributed by atoms with Crippen molar-refractivity contribution in [3.63, 3.8) is 0 Å². The second-order valence-corrected chi connectivity index (χ2v) is 9.88. The average molecular weight is 447 g/mol. The first-order valence-corrected chi connectivity index (χ1v) is 12.3. The lowest BCUT2D eigenvalue weighted by Crippen LogP contribution is -2.04. The fourth-order valence-corrected chi connectivity index (χ4v) is 4.94. The molecule has 0 fully saturated rings. The van der Waals surface area contributed by atoms with Crippen molar-refractivity contribution >= 4 is 21.3 Å². The third kappa shape index (κ3) is 4.81. The van der Waals surface area contributed by atoms with Crippen molar-refractivity contribution in [3.8, 4) is 0 Å². The Labute approximate surface area is 188 Å². The number of carbonyl (C=O) groups is 1. The molecule has 0 aliphatic rings. The minimum absolute atomic E-state index is 0.0421. The third-order valence-electron chi connectivity index (χ3n) is 5.64.